The van der Waals surface area contributed by atoms with Crippen molar-refractivity contribution < 1.29 is 14.5 Å². The number of nitrogens with zero attached hydrogens (tertiary/aromatic N) is 2. The molecule has 0 aromatic heterocycles. The smallest absolute Gasteiger partial charge is 0.311 e. The summed E-state index contributed by atoms with van der Waals surface area (Å²) in [6.45, 7) is 1.49. The predicted molar refractivity (Wildman–Crippen MR) is 83.2 cm³/mol. The Kier molecular flexibility index (Phi) is 4.73. The Morgan fingerprint density at radius 3 is 2.55 bits per heavy atom. The summed E-state index contributed by atoms with van der Waals surface area (Å²) in [5, 5.41) is 11.0. The first-order valence-corrected chi connectivity index (χ1v) is 6.68. The van der Waals surface area contributed by atoms with Crippen LogP contribution in [0.5, 0.6) is 5.75 Å². The van der Waals surface area contributed by atoms with E-state index in [4.69, 9.17) is 4.74 Å². The number of carbonyl (C=O) groups is 1. The van der Waals surface area contributed by atoms with Gasteiger partial charge >= 0.3 is 5.69 Å². The lowest BCUT2D eigenvalue weighted by atomic mass is 10.2. The Hall–Kier alpha value is -2.89. The van der Waals surface area contributed by atoms with Gasteiger partial charge in [0.25, 0.3) is 5.91 Å². The number of hydrogen-bond donors (Lipinski definition) is 0. The summed E-state index contributed by atoms with van der Waals surface area (Å²) in [6.07, 6.45) is 0. The lowest BCUT2D eigenvalue weighted by Gasteiger charge is -2.17. The van der Waals surface area contributed by atoms with Crippen LogP contribution in [0.15, 0.2) is 48.5 Å². The maximum absolute atomic E-state index is 12.1. The lowest BCUT2D eigenvalue weighted by molar-refractivity contribution is -0.385. The highest BCUT2D eigenvalue weighted by molar-refractivity contribution is 5.93. The van der Waals surface area contributed by atoms with E-state index in [-0.39, 0.29) is 24.0 Å². The summed E-state index contributed by atoms with van der Waals surface area (Å²) in [5.41, 5.74) is 1.34. The van der Waals surface area contributed by atoms with Crippen molar-refractivity contribution in [3.8, 4) is 5.75 Å². The Morgan fingerprint density at radius 2 is 1.91 bits per heavy atom. The molecule has 6 heteroatoms. The third-order valence-electron chi connectivity index (χ3n) is 3.18. The number of rotatable bonds is 5. The lowest BCUT2D eigenvalue weighted by Crippen LogP contribution is -2.31. The van der Waals surface area contributed by atoms with E-state index >= 15 is 0 Å². The fourth-order valence-electron chi connectivity index (χ4n) is 1.92. The number of ether oxygens (including phenoxy) is 1. The van der Waals surface area contributed by atoms with Crippen molar-refractivity contribution >= 4 is 17.3 Å². The molecule has 0 aliphatic rings. The number of nitro groups is 1. The Labute approximate surface area is 128 Å². The van der Waals surface area contributed by atoms with Crippen LogP contribution < -0.4 is 9.64 Å². The summed E-state index contributed by atoms with van der Waals surface area (Å²) in [4.78, 5) is 24.0. The second-order valence-corrected chi connectivity index (χ2v) is 4.81. The fourth-order valence-corrected chi connectivity index (χ4v) is 1.92. The fraction of sp³-hybridized carbons (Fsp3) is 0.188. The van der Waals surface area contributed by atoms with Crippen molar-refractivity contribution in [2.75, 3.05) is 18.6 Å². The van der Waals surface area contributed by atoms with Crippen molar-refractivity contribution in [2.24, 2.45) is 0 Å². The highest BCUT2D eigenvalue weighted by atomic mass is 16.6. The number of benzene rings is 2. The molecule has 1 amide bonds. The first kappa shape index (κ1) is 15.5. The Bertz CT molecular complexity index is 686. The van der Waals surface area contributed by atoms with Gasteiger partial charge in [-0.05, 0) is 30.7 Å². The van der Waals surface area contributed by atoms with Crippen LogP contribution in [0.4, 0.5) is 11.4 Å². The highest BCUT2D eigenvalue weighted by Gasteiger charge is 2.18. The SMILES string of the molecule is Cc1ccc(OCC(=O)N(C)c2ccccc2)c([N+](=O)[O-])c1. The highest BCUT2D eigenvalue weighted by Crippen LogP contribution is 2.27. The standard InChI is InChI=1S/C16H16N2O4/c1-12-8-9-15(14(10-12)18(20)21)22-11-16(19)17(2)13-6-4-3-5-7-13/h3-10H,11H2,1-2H3. The maximum atomic E-state index is 12.1. The van der Waals surface area contributed by atoms with Gasteiger partial charge in [-0.25, -0.2) is 0 Å². The number of para-hydroxylation sites is 1. The number of likely N-dealkylation sites (N-methyl/N-ethyl adjacent to an activating group) is 1. The molecule has 0 radical (unpaired) electrons. The second kappa shape index (κ2) is 6.71. The van der Waals surface area contributed by atoms with Crippen molar-refractivity contribution in [1.29, 1.82) is 0 Å². The largest absolute Gasteiger partial charge is 0.477 e. The van der Waals surface area contributed by atoms with E-state index in [1.165, 1.54) is 17.0 Å². The van der Waals surface area contributed by atoms with E-state index in [2.05, 4.69) is 0 Å². The van der Waals surface area contributed by atoms with Crippen LogP contribution >= 0.6 is 0 Å². The number of carbonyl (C=O) groups excluding carboxylic acids is 1. The van der Waals surface area contributed by atoms with E-state index in [0.717, 1.165) is 11.3 Å². The first-order valence-electron chi connectivity index (χ1n) is 6.68. The molecule has 0 fully saturated rings. The van der Waals surface area contributed by atoms with Crippen LogP contribution in [0.25, 0.3) is 0 Å². The van der Waals surface area contributed by atoms with Crippen molar-refractivity contribution in [3.05, 3.63) is 64.2 Å². The van der Waals surface area contributed by atoms with Crippen molar-refractivity contribution in [1.82, 2.24) is 0 Å². The minimum absolute atomic E-state index is 0.0883. The summed E-state index contributed by atoms with van der Waals surface area (Å²) in [5.74, 6) is -0.202. The summed E-state index contributed by atoms with van der Waals surface area (Å²) in [7, 11) is 1.63. The van der Waals surface area contributed by atoms with Gasteiger partial charge in [0.2, 0.25) is 0 Å². The molecule has 0 bridgehead atoms. The molecule has 0 spiro atoms. The third kappa shape index (κ3) is 3.60. The van der Waals surface area contributed by atoms with Crippen LogP contribution in [0.2, 0.25) is 0 Å². The topological polar surface area (TPSA) is 72.7 Å². The summed E-state index contributed by atoms with van der Waals surface area (Å²) >= 11 is 0. The third-order valence-corrected chi connectivity index (χ3v) is 3.18. The van der Waals surface area contributed by atoms with Gasteiger partial charge in [-0.3, -0.25) is 14.9 Å². The minimum Gasteiger partial charge on any atom is -0.477 e. The predicted octanol–water partition coefficient (Wildman–Crippen LogP) is 2.95. The van der Waals surface area contributed by atoms with E-state index in [1.54, 1.807) is 32.2 Å². The molecule has 0 heterocycles. The number of anilines is 1. The zero-order valence-corrected chi connectivity index (χ0v) is 12.4. The number of nitro benzene ring substituents is 1. The van der Waals surface area contributed by atoms with Gasteiger partial charge < -0.3 is 9.64 Å². The van der Waals surface area contributed by atoms with Gasteiger partial charge in [0.15, 0.2) is 12.4 Å². The first-order chi connectivity index (χ1) is 10.5. The van der Waals surface area contributed by atoms with E-state index < -0.39 is 4.92 Å². The van der Waals surface area contributed by atoms with Crippen molar-refractivity contribution in [3.63, 3.8) is 0 Å². The molecule has 0 saturated heterocycles. The minimum atomic E-state index is -0.520. The molecule has 0 aliphatic heterocycles. The molecule has 0 N–H and O–H groups in total. The molecule has 114 valence electrons. The monoisotopic (exact) mass is 300 g/mol. The van der Waals surface area contributed by atoms with Gasteiger partial charge in [-0.1, -0.05) is 24.3 Å². The van der Waals surface area contributed by atoms with Crippen LogP contribution in [-0.4, -0.2) is 24.5 Å². The summed E-state index contributed by atoms with van der Waals surface area (Å²) in [6, 6.07) is 13.7. The van der Waals surface area contributed by atoms with Gasteiger partial charge in [0.05, 0.1) is 4.92 Å². The molecule has 0 saturated carbocycles. The van der Waals surface area contributed by atoms with Crippen LogP contribution in [0, 0.1) is 17.0 Å². The van der Waals surface area contributed by atoms with E-state index in [1.807, 2.05) is 18.2 Å². The quantitative estimate of drug-likeness (QED) is 0.628. The number of amides is 1. The molecule has 2 aromatic rings. The van der Waals surface area contributed by atoms with Crippen LogP contribution in [0.3, 0.4) is 0 Å². The number of aryl methyl sites for hydroxylation is 1. The average molecular weight is 300 g/mol. The van der Waals surface area contributed by atoms with E-state index in [9.17, 15) is 14.9 Å². The zero-order valence-electron chi connectivity index (χ0n) is 12.4. The Balaban J connectivity index is 2.07. The van der Waals surface area contributed by atoms with Gasteiger partial charge in [-0.2, -0.15) is 0 Å². The van der Waals surface area contributed by atoms with Gasteiger partial charge in [-0.15, -0.1) is 0 Å². The maximum Gasteiger partial charge on any atom is 0.311 e. The second-order valence-electron chi connectivity index (χ2n) is 4.81. The van der Waals surface area contributed by atoms with Gasteiger partial charge in [0, 0.05) is 18.8 Å². The van der Waals surface area contributed by atoms with Crippen molar-refractivity contribution in [2.45, 2.75) is 6.92 Å². The molecule has 2 aromatic carbocycles. The molecule has 0 aliphatic carbocycles. The van der Waals surface area contributed by atoms with Crippen LogP contribution in [0.1, 0.15) is 5.56 Å². The summed E-state index contributed by atoms with van der Waals surface area (Å²) < 4.78 is 5.32. The Morgan fingerprint density at radius 1 is 1.23 bits per heavy atom. The zero-order chi connectivity index (χ0) is 16.1. The molecule has 0 atom stereocenters. The molecule has 6 nitrogen and oxygen atoms in total. The number of hydrogen-bond acceptors (Lipinski definition) is 4. The van der Waals surface area contributed by atoms with E-state index in [0.29, 0.717) is 0 Å². The van der Waals surface area contributed by atoms with Crippen LogP contribution in [-0.2, 0) is 4.79 Å². The molecule has 2 rings (SSSR count). The molecule has 0 unspecified atom stereocenters. The molecular formula is C16H16N2O4. The average Bonchev–Trinajstić information content (AvgIpc) is 2.53. The molecule has 22 heavy (non-hydrogen) atoms. The van der Waals surface area contributed by atoms with Gasteiger partial charge in [0.1, 0.15) is 0 Å². The molecular weight excluding hydrogens is 284 g/mol. The normalized spacial score (nSPS) is 10.1.